The van der Waals surface area contributed by atoms with Crippen LogP contribution in [0.2, 0.25) is 0 Å². The van der Waals surface area contributed by atoms with Crippen molar-refractivity contribution in [2.45, 2.75) is 18.1 Å². The van der Waals surface area contributed by atoms with Crippen LogP contribution in [0.1, 0.15) is 12.5 Å². The Morgan fingerprint density at radius 3 is 2.46 bits per heavy atom. The van der Waals surface area contributed by atoms with E-state index in [0.29, 0.717) is 11.9 Å². The molecule has 138 valence electrons. The minimum absolute atomic E-state index is 0.123. The van der Waals surface area contributed by atoms with Gasteiger partial charge in [-0.1, -0.05) is 11.8 Å². The van der Waals surface area contributed by atoms with E-state index in [1.807, 2.05) is 0 Å². The highest BCUT2D eigenvalue weighted by molar-refractivity contribution is 7.99. The van der Waals surface area contributed by atoms with Crippen LogP contribution in [0.5, 0.6) is 0 Å². The number of nitrogens with one attached hydrogen (secondary N) is 2. The molecule has 2 aromatic rings. The van der Waals surface area contributed by atoms with E-state index in [2.05, 4.69) is 15.6 Å². The maximum absolute atomic E-state index is 13.7. The second-order valence-electron chi connectivity index (χ2n) is 5.10. The van der Waals surface area contributed by atoms with Gasteiger partial charge in [-0.15, -0.1) is 0 Å². The van der Waals surface area contributed by atoms with Crippen molar-refractivity contribution in [1.82, 2.24) is 4.98 Å². The Morgan fingerprint density at radius 1 is 1.15 bits per heavy atom. The largest absolute Gasteiger partial charge is 0.417 e. The van der Waals surface area contributed by atoms with Gasteiger partial charge in [0.1, 0.15) is 5.82 Å². The molecule has 1 aromatic heterocycles. The molecule has 0 saturated carbocycles. The maximum Gasteiger partial charge on any atom is 0.417 e. The molecule has 0 aliphatic carbocycles. The van der Waals surface area contributed by atoms with Crippen LogP contribution >= 0.6 is 11.8 Å². The molecule has 0 atom stereocenters. The van der Waals surface area contributed by atoms with Crippen LogP contribution in [-0.4, -0.2) is 22.6 Å². The topological polar surface area (TPSA) is 71.1 Å². The lowest BCUT2D eigenvalue weighted by Crippen LogP contribution is -2.16. The molecular weight excluding hydrogens is 374 g/mol. The Balaban J connectivity index is 1.95. The Bertz CT molecular complexity index is 810. The van der Waals surface area contributed by atoms with Crippen LogP contribution in [0, 0.1) is 5.82 Å². The Hall–Kier alpha value is -2.62. The van der Waals surface area contributed by atoms with Crippen molar-refractivity contribution < 1.29 is 27.2 Å². The molecule has 0 aliphatic rings. The van der Waals surface area contributed by atoms with Crippen LogP contribution in [0.3, 0.4) is 0 Å². The molecule has 0 bridgehead atoms. The second-order valence-corrected chi connectivity index (χ2v) is 6.09. The van der Waals surface area contributed by atoms with Gasteiger partial charge in [0.25, 0.3) is 0 Å². The predicted molar refractivity (Wildman–Crippen MR) is 89.3 cm³/mol. The first-order chi connectivity index (χ1) is 12.1. The van der Waals surface area contributed by atoms with Crippen LogP contribution in [0.15, 0.2) is 41.6 Å². The summed E-state index contributed by atoms with van der Waals surface area (Å²) in [6, 6.07) is 5.71. The Kier molecular flexibility index (Phi) is 6.19. The van der Waals surface area contributed by atoms with Gasteiger partial charge in [-0.05, 0) is 30.3 Å². The van der Waals surface area contributed by atoms with Crippen molar-refractivity contribution in [3.05, 3.63) is 47.9 Å². The summed E-state index contributed by atoms with van der Waals surface area (Å²) in [6.07, 6.45) is -3.80. The first kappa shape index (κ1) is 19.7. The zero-order valence-corrected chi connectivity index (χ0v) is 14.2. The van der Waals surface area contributed by atoms with E-state index < -0.39 is 23.5 Å². The van der Waals surface area contributed by atoms with Gasteiger partial charge in [-0.3, -0.25) is 9.59 Å². The Morgan fingerprint density at radius 2 is 1.88 bits per heavy atom. The molecule has 1 aromatic carbocycles. The summed E-state index contributed by atoms with van der Waals surface area (Å²) in [7, 11) is 0. The third-order valence-corrected chi connectivity index (χ3v) is 3.92. The molecule has 0 fully saturated rings. The minimum Gasteiger partial charge on any atom is -0.326 e. The van der Waals surface area contributed by atoms with Crippen molar-refractivity contribution in [1.29, 1.82) is 0 Å². The van der Waals surface area contributed by atoms with Gasteiger partial charge in [-0.25, -0.2) is 9.37 Å². The fourth-order valence-electron chi connectivity index (χ4n) is 1.86. The van der Waals surface area contributed by atoms with E-state index in [1.54, 1.807) is 0 Å². The molecule has 0 unspecified atom stereocenters. The summed E-state index contributed by atoms with van der Waals surface area (Å²) in [4.78, 5) is 26.5. The number of aromatic nitrogens is 1. The molecule has 0 radical (unpaired) electrons. The molecule has 2 rings (SSSR count). The SMILES string of the molecule is CC(=O)Nc1ccc(F)c(NC(=O)CSc2ccc(C(F)(F)F)cn2)c1. The zero-order chi connectivity index (χ0) is 19.3. The molecule has 0 saturated heterocycles. The molecule has 0 spiro atoms. The summed E-state index contributed by atoms with van der Waals surface area (Å²) < 4.78 is 51.1. The van der Waals surface area contributed by atoms with Crippen molar-refractivity contribution in [3.8, 4) is 0 Å². The number of anilines is 2. The van der Waals surface area contributed by atoms with E-state index in [9.17, 15) is 27.2 Å². The number of thioether (sulfide) groups is 1. The number of carbonyl (C=O) groups is 2. The first-order valence-electron chi connectivity index (χ1n) is 7.18. The van der Waals surface area contributed by atoms with Gasteiger partial charge in [0, 0.05) is 18.8 Å². The van der Waals surface area contributed by atoms with Crippen molar-refractivity contribution in [2.24, 2.45) is 0 Å². The molecule has 26 heavy (non-hydrogen) atoms. The lowest BCUT2D eigenvalue weighted by Gasteiger charge is -2.09. The van der Waals surface area contributed by atoms with Gasteiger partial charge in [0.15, 0.2) is 0 Å². The van der Waals surface area contributed by atoms with Crippen LogP contribution < -0.4 is 10.6 Å². The van der Waals surface area contributed by atoms with Gasteiger partial charge >= 0.3 is 6.18 Å². The van der Waals surface area contributed by atoms with E-state index in [0.717, 1.165) is 30.0 Å². The highest BCUT2D eigenvalue weighted by Crippen LogP contribution is 2.29. The summed E-state index contributed by atoms with van der Waals surface area (Å²) in [5, 5.41) is 5.02. The summed E-state index contributed by atoms with van der Waals surface area (Å²) in [5.41, 5.74) is -0.698. The maximum atomic E-state index is 13.7. The van der Waals surface area contributed by atoms with Crippen molar-refractivity contribution in [3.63, 3.8) is 0 Å². The van der Waals surface area contributed by atoms with Gasteiger partial charge in [0.2, 0.25) is 11.8 Å². The number of nitrogens with zero attached hydrogens (tertiary/aromatic N) is 1. The number of hydrogen-bond acceptors (Lipinski definition) is 4. The lowest BCUT2D eigenvalue weighted by atomic mass is 10.2. The molecule has 1 heterocycles. The summed E-state index contributed by atoms with van der Waals surface area (Å²) in [6.45, 7) is 1.29. The van der Waals surface area contributed by atoms with E-state index in [-0.39, 0.29) is 22.4 Å². The normalized spacial score (nSPS) is 11.1. The number of benzene rings is 1. The number of rotatable bonds is 5. The quantitative estimate of drug-likeness (QED) is 0.603. The molecular formula is C16H13F4N3O2S. The average Bonchev–Trinajstić information content (AvgIpc) is 2.55. The number of halogens is 4. The number of pyridine rings is 1. The minimum atomic E-state index is -4.48. The van der Waals surface area contributed by atoms with Crippen molar-refractivity contribution >= 4 is 35.0 Å². The number of hydrogen-bond donors (Lipinski definition) is 2. The third kappa shape index (κ3) is 5.73. The fraction of sp³-hybridized carbons (Fsp3) is 0.188. The van der Waals surface area contributed by atoms with E-state index >= 15 is 0 Å². The Labute approximate surface area is 150 Å². The second kappa shape index (κ2) is 8.17. The van der Waals surface area contributed by atoms with E-state index in [1.165, 1.54) is 19.1 Å². The average molecular weight is 387 g/mol. The number of amides is 2. The smallest absolute Gasteiger partial charge is 0.326 e. The number of carbonyl (C=O) groups excluding carboxylic acids is 2. The molecule has 2 amide bonds. The van der Waals surface area contributed by atoms with E-state index in [4.69, 9.17) is 0 Å². The van der Waals surface area contributed by atoms with Gasteiger partial charge in [-0.2, -0.15) is 13.2 Å². The van der Waals surface area contributed by atoms with Crippen LogP contribution in [0.4, 0.5) is 28.9 Å². The highest BCUT2D eigenvalue weighted by atomic mass is 32.2. The number of alkyl halides is 3. The summed E-state index contributed by atoms with van der Waals surface area (Å²) >= 11 is 0.905. The standard InChI is InChI=1S/C16H13F4N3O2S/c1-9(24)22-11-3-4-12(17)13(6-11)23-14(25)8-26-15-5-2-10(7-21-15)16(18,19)20/h2-7H,8H2,1H3,(H,22,24)(H,23,25). The zero-order valence-electron chi connectivity index (χ0n) is 13.4. The molecule has 5 nitrogen and oxygen atoms in total. The molecule has 10 heteroatoms. The summed E-state index contributed by atoms with van der Waals surface area (Å²) in [5.74, 6) is -1.79. The van der Waals surface area contributed by atoms with Crippen LogP contribution in [0.25, 0.3) is 0 Å². The fourth-order valence-corrected chi connectivity index (χ4v) is 2.50. The lowest BCUT2D eigenvalue weighted by molar-refractivity contribution is -0.137. The first-order valence-corrected chi connectivity index (χ1v) is 8.17. The third-order valence-electron chi connectivity index (χ3n) is 2.98. The highest BCUT2D eigenvalue weighted by Gasteiger charge is 2.30. The van der Waals surface area contributed by atoms with Gasteiger partial charge in [0.05, 0.1) is 22.0 Å². The molecule has 0 aliphatic heterocycles. The monoisotopic (exact) mass is 387 g/mol. The molecule has 2 N–H and O–H groups in total. The predicted octanol–water partition coefficient (Wildman–Crippen LogP) is 3.93. The van der Waals surface area contributed by atoms with Crippen molar-refractivity contribution in [2.75, 3.05) is 16.4 Å². The van der Waals surface area contributed by atoms with Crippen LogP contribution in [-0.2, 0) is 15.8 Å². The van der Waals surface area contributed by atoms with Gasteiger partial charge < -0.3 is 10.6 Å².